The second-order valence-electron chi connectivity index (χ2n) is 7.07. The van der Waals surface area contributed by atoms with E-state index in [2.05, 4.69) is 12.1 Å². The maximum Gasteiger partial charge on any atom is 0.255 e. The van der Waals surface area contributed by atoms with Crippen LogP contribution in [0.25, 0.3) is 0 Å². The standard InChI is InChI=1S/C21H27ClN2O3S/c1-16(2)24(4)28(26,27)18-12-13-20(22)19(15-18)21(25)23(3)14-8-11-17-9-6-5-7-10-17/h5-7,9-10,12-13,15-16H,8,11,14H2,1-4H3. The van der Waals surface area contributed by atoms with Gasteiger partial charge in [0.2, 0.25) is 10.0 Å². The van der Waals surface area contributed by atoms with Crippen LogP contribution in [0.1, 0.15) is 36.2 Å². The number of carbonyl (C=O) groups excluding carboxylic acids is 1. The lowest BCUT2D eigenvalue weighted by Crippen LogP contribution is -2.33. The highest BCUT2D eigenvalue weighted by Gasteiger charge is 2.25. The lowest BCUT2D eigenvalue weighted by Gasteiger charge is -2.22. The van der Waals surface area contributed by atoms with Crippen molar-refractivity contribution in [2.45, 2.75) is 37.6 Å². The Bertz CT molecular complexity index is 915. The number of hydrogen-bond acceptors (Lipinski definition) is 3. The number of benzene rings is 2. The lowest BCUT2D eigenvalue weighted by atomic mass is 10.1. The van der Waals surface area contributed by atoms with Crippen molar-refractivity contribution in [2.75, 3.05) is 20.6 Å². The first-order valence-electron chi connectivity index (χ1n) is 9.21. The van der Waals surface area contributed by atoms with Crippen LogP contribution in [0.4, 0.5) is 0 Å². The Morgan fingerprint density at radius 1 is 1.07 bits per heavy atom. The molecule has 0 heterocycles. The van der Waals surface area contributed by atoms with Crippen molar-refractivity contribution >= 4 is 27.5 Å². The second-order valence-corrected chi connectivity index (χ2v) is 9.48. The third kappa shape index (κ3) is 5.34. The van der Waals surface area contributed by atoms with Crippen molar-refractivity contribution < 1.29 is 13.2 Å². The number of rotatable bonds is 8. The number of aryl methyl sites for hydroxylation is 1. The predicted molar refractivity (Wildman–Crippen MR) is 113 cm³/mol. The van der Waals surface area contributed by atoms with Crippen LogP contribution in [0.15, 0.2) is 53.4 Å². The van der Waals surface area contributed by atoms with Crippen LogP contribution < -0.4 is 0 Å². The van der Waals surface area contributed by atoms with Gasteiger partial charge in [0.15, 0.2) is 0 Å². The zero-order valence-electron chi connectivity index (χ0n) is 16.7. The molecule has 0 unspecified atom stereocenters. The fourth-order valence-corrected chi connectivity index (χ4v) is 4.34. The van der Waals surface area contributed by atoms with Gasteiger partial charge in [-0.3, -0.25) is 4.79 Å². The first kappa shape index (κ1) is 22.4. The summed E-state index contributed by atoms with van der Waals surface area (Å²) in [5.41, 5.74) is 1.41. The SMILES string of the molecule is CC(C)N(C)S(=O)(=O)c1ccc(Cl)c(C(=O)N(C)CCCc2ccccc2)c1. The van der Waals surface area contributed by atoms with Gasteiger partial charge in [-0.2, -0.15) is 4.31 Å². The van der Waals surface area contributed by atoms with Gasteiger partial charge in [0.1, 0.15) is 0 Å². The predicted octanol–water partition coefficient (Wildman–Crippen LogP) is 4.07. The molecule has 2 aromatic rings. The van der Waals surface area contributed by atoms with E-state index in [9.17, 15) is 13.2 Å². The monoisotopic (exact) mass is 422 g/mol. The molecule has 28 heavy (non-hydrogen) atoms. The summed E-state index contributed by atoms with van der Waals surface area (Å²) in [5.74, 6) is -0.290. The Morgan fingerprint density at radius 3 is 2.32 bits per heavy atom. The van der Waals surface area contributed by atoms with Crippen molar-refractivity contribution in [3.05, 3.63) is 64.7 Å². The van der Waals surface area contributed by atoms with Crippen molar-refractivity contribution in [1.82, 2.24) is 9.21 Å². The maximum atomic E-state index is 12.8. The molecule has 0 aromatic heterocycles. The summed E-state index contributed by atoms with van der Waals surface area (Å²) in [5, 5.41) is 0.242. The molecular weight excluding hydrogens is 396 g/mol. The molecule has 5 nitrogen and oxygen atoms in total. The molecule has 0 N–H and O–H groups in total. The highest BCUT2D eigenvalue weighted by molar-refractivity contribution is 7.89. The molecule has 1 amide bonds. The number of halogens is 1. The molecule has 0 bridgehead atoms. The summed E-state index contributed by atoms with van der Waals surface area (Å²) in [6, 6.07) is 14.1. The van der Waals surface area contributed by atoms with Crippen LogP contribution in [-0.4, -0.2) is 50.2 Å². The van der Waals surface area contributed by atoms with Crippen molar-refractivity contribution in [1.29, 1.82) is 0 Å². The Kier molecular flexibility index (Phi) is 7.63. The van der Waals surface area contributed by atoms with E-state index >= 15 is 0 Å². The second kappa shape index (κ2) is 9.54. The lowest BCUT2D eigenvalue weighted by molar-refractivity contribution is 0.0793. The smallest absolute Gasteiger partial charge is 0.255 e. The van der Waals surface area contributed by atoms with Crippen LogP contribution in [0, 0.1) is 0 Å². The molecule has 0 atom stereocenters. The van der Waals surface area contributed by atoms with E-state index in [0.717, 1.165) is 12.8 Å². The average molecular weight is 423 g/mol. The fraction of sp³-hybridized carbons (Fsp3) is 0.381. The van der Waals surface area contributed by atoms with Crippen LogP contribution in [-0.2, 0) is 16.4 Å². The molecule has 2 rings (SSSR count). The molecule has 0 saturated carbocycles. The normalized spacial score (nSPS) is 11.8. The Labute approximate surface area is 173 Å². The van der Waals surface area contributed by atoms with Crippen molar-refractivity contribution in [3.63, 3.8) is 0 Å². The van der Waals surface area contributed by atoms with Crippen LogP contribution in [0.3, 0.4) is 0 Å². The molecule has 0 radical (unpaired) electrons. The minimum absolute atomic E-state index is 0.0640. The molecule has 2 aromatic carbocycles. The summed E-state index contributed by atoms with van der Waals surface area (Å²) in [6.45, 7) is 4.13. The summed E-state index contributed by atoms with van der Waals surface area (Å²) < 4.78 is 26.7. The van der Waals surface area contributed by atoms with Crippen LogP contribution >= 0.6 is 11.6 Å². The summed E-state index contributed by atoms with van der Waals surface area (Å²) in [6.07, 6.45) is 1.66. The van der Waals surface area contributed by atoms with Gasteiger partial charge in [-0.05, 0) is 50.5 Å². The molecule has 152 valence electrons. The molecule has 0 spiro atoms. The highest BCUT2D eigenvalue weighted by Crippen LogP contribution is 2.24. The number of sulfonamides is 1. The first-order valence-corrected chi connectivity index (χ1v) is 11.0. The number of hydrogen-bond donors (Lipinski definition) is 0. The van der Waals surface area contributed by atoms with Crippen molar-refractivity contribution in [2.24, 2.45) is 0 Å². The van der Waals surface area contributed by atoms with E-state index in [1.807, 2.05) is 18.2 Å². The molecule has 0 aliphatic rings. The van der Waals surface area contributed by atoms with Gasteiger partial charge in [-0.25, -0.2) is 8.42 Å². The minimum atomic E-state index is -3.69. The van der Waals surface area contributed by atoms with Gasteiger partial charge in [0, 0.05) is 26.7 Å². The molecular formula is C21H27ClN2O3S. The highest BCUT2D eigenvalue weighted by atomic mass is 35.5. The van der Waals surface area contributed by atoms with Gasteiger partial charge in [0.05, 0.1) is 15.5 Å². The molecule has 0 saturated heterocycles. The fourth-order valence-electron chi connectivity index (χ4n) is 2.74. The van der Waals surface area contributed by atoms with E-state index in [1.165, 1.54) is 35.1 Å². The van der Waals surface area contributed by atoms with E-state index in [4.69, 9.17) is 11.6 Å². The Hall–Kier alpha value is -1.89. The van der Waals surface area contributed by atoms with E-state index < -0.39 is 10.0 Å². The van der Waals surface area contributed by atoms with E-state index in [0.29, 0.717) is 6.54 Å². The van der Waals surface area contributed by atoms with Gasteiger partial charge >= 0.3 is 0 Å². The topological polar surface area (TPSA) is 57.7 Å². The summed E-state index contributed by atoms with van der Waals surface area (Å²) in [4.78, 5) is 14.5. The zero-order chi connectivity index (χ0) is 20.9. The molecule has 0 aliphatic heterocycles. The van der Waals surface area contributed by atoms with Crippen LogP contribution in [0.5, 0.6) is 0 Å². The third-order valence-electron chi connectivity index (χ3n) is 4.72. The van der Waals surface area contributed by atoms with E-state index in [-0.39, 0.29) is 27.4 Å². The number of amides is 1. The Balaban J connectivity index is 2.14. The number of carbonyl (C=O) groups is 1. The quantitative estimate of drug-likeness (QED) is 0.644. The molecule has 7 heteroatoms. The summed E-state index contributed by atoms with van der Waals surface area (Å²) >= 11 is 6.20. The number of nitrogens with zero attached hydrogens (tertiary/aromatic N) is 2. The van der Waals surface area contributed by atoms with Gasteiger partial charge in [-0.1, -0.05) is 41.9 Å². The average Bonchev–Trinajstić information content (AvgIpc) is 2.67. The first-order chi connectivity index (χ1) is 13.1. The summed E-state index contributed by atoms with van der Waals surface area (Å²) in [7, 11) is -0.467. The minimum Gasteiger partial charge on any atom is -0.342 e. The third-order valence-corrected chi connectivity index (χ3v) is 7.08. The van der Waals surface area contributed by atoms with Gasteiger partial charge < -0.3 is 4.90 Å². The van der Waals surface area contributed by atoms with E-state index in [1.54, 1.807) is 25.8 Å². The Morgan fingerprint density at radius 2 is 1.71 bits per heavy atom. The molecule has 0 fully saturated rings. The van der Waals surface area contributed by atoms with Crippen LogP contribution in [0.2, 0.25) is 5.02 Å². The van der Waals surface area contributed by atoms with Gasteiger partial charge in [-0.15, -0.1) is 0 Å². The largest absolute Gasteiger partial charge is 0.342 e. The zero-order valence-corrected chi connectivity index (χ0v) is 18.3. The molecule has 0 aliphatic carbocycles. The maximum absolute atomic E-state index is 12.8. The van der Waals surface area contributed by atoms with Crippen molar-refractivity contribution in [3.8, 4) is 0 Å². The van der Waals surface area contributed by atoms with Gasteiger partial charge in [0.25, 0.3) is 5.91 Å².